The van der Waals surface area contributed by atoms with E-state index in [0.29, 0.717) is 12.2 Å². The van der Waals surface area contributed by atoms with Gasteiger partial charge in [0.1, 0.15) is 0 Å². The molecule has 1 aliphatic rings. The van der Waals surface area contributed by atoms with E-state index in [1.54, 1.807) is 12.1 Å². The molecule has 0 atom stereocenters. The van der Waals surface area contributed by atoms with Crippen molar-refractivity contribution in [2.45, 2.75) is 39.0 Å². The highest BCUT2D eigenvalue weighted by atomic mass is 16.4. The number of carbonyl (C=O) groups excluding carboxylic acids is 1. The van der Waals surface area contributed by atoms with Gasteiger partial charge in [-0.15, -0.1) is 0 Å². The van der Waals surface area contributed by atoms with E-state index >= 15 is 0 Å². The molecule has 5 heteroatoms. The summed E-state index contributed by atoms with van der Waals surface area (Å²) in [6.07, 6.45) is 6.01. The fourth-order valence-electron chi connectivity index (χ4n) is 2.78. The smallest absolute Gasteiger partial charge is 0.335 e. The Morgan fingerprint density at radius 2 is 1.95 bits per heavy atom. The summed E-state index contributed by atoms with van der Waals surface area (Å²) < 4.78 is 0. The van der Waals surface area contributed by atoms with Gasteiger partial charge in [-0.1, -0.05) is 32.3 Å². The summed E-state index contributed by atoms with van der Waals surface area (Å²) in [6.45, 7) is 2.86. The second-order valence-corrected chi connectivity index (χ2v) is 6.06. The zero-order valence-corrected chi connectivity index (χ0v) is 12.3. The van der Waals surface area contributed by atoms with Crippen LogP contribution in [-0.4, -0.2) is 23.7 Å². The largest absolute Gasteiger partial charge is 0.478 e. The van der Waals surface area contributed by atoms with E-state index in [9.17, 15) is 9.59 Å². The van der Waals surface area contributed by atoms with E-state index in [-0.39, 0.29) is 17.0 Å². The Morgan fingerprint density at radius 1 is 1.24 bits per heavy atom. The number of aromatic carboxylic acids is 1. The highest BCUT2D eigenvalue weighted by Gasteiger charge is 2.27. The van der Waals surface area contributed by atoms with Crippen LogP contribution in [0.5, 0.6) is 0 Å². The summed E-state index contributed by atoms with van der Waals surface area (Å²) in [6, 6.07) is 5.94. The van der Waals surface area contributed by atoms with Crippen LogP contribution >= 0.6 is 0 Å². The monoisotopic (exact) mass is 290 g/mol. The SMILES string of the molecule is CC1(CNC(=O)Nc2cccc(C(=O)O)c2)CCCCC1. The maximum Gasteiger partial charge on any atom is 0.335 e. The lowest BCUT2D eigenvalue weighted by Gasteiger charge is -2.33. The maximum atomic E-state index is 11.9. The number of rotatable bonds is 4. The van der Waals surface area contributed by atoms with Crippen LogP contribution < -0.4 is 10.6 Å². The van der Waals surface area contributed by atoms with Crippen molar-refractivity contribution >= 4 is 17.7 Å². The minimum absolute atomic E-state index is 0.159. The molecule has 1 aliphatic carbocycles. The van der Waals surface area contributed by atoms with Crippen LogP contribution in [-0.2, 0) is 0 Å². The molecule has 1 saturated carbocycles. The van der Waals surface area contributed by atoms with Gasteiger partial charge >= 0.3 is 12.0 Å². The highest BCUT2D eigenvalue weighted by Crippen LogP contribution is 2.34. The van der Waals surface area contributed by atoms with Gasteiger partial charge in [-0.3, -0.25) is 0 Å². The average Bonchev–Trinajstić information content (AvgIpc) is 2.46. The van der Waals surface area contributed by atoms with Crippen LogP contribution in [0, 0.1) is 5.41 Å². The minimum atomic E-state index is -1.01. The Labute approximate surface area is 124 Å². The fraction of sp³-hybridized carbons (Fsp3) is 0.500. The van der Waals surface area contributed by atoms with E-state index < -0.39 is 5.97 Å². The van der Waals surface area contributed by atoms with E-state index in [4.69, 9.17) is 5.11 Å². The Morgan fingerprint density at radius 3 is 2.62 bits per heavy atom. The second kappa shape index (κ2) is 6.61. The molecule has 2 amide bonds. The topological polar surface area (TPSA) is 78.4 Å². The van der Waals surface area contributed by atoms with E-state index in [1.807, 2.05) is 0 Å². The standard InChI is InChI=1S/C16H22N2O3/c1-16(8-3-2-4-9-16)11-17-15(21)18-13-7-5-6-12(10-13)14(19)20/h5-7,10H,2-4,8-9,11H2,1H3,(H,19,20)(H2,17,18,21). The van der Waals surface area contributed by atoms with Gasteiger partial charge in [0.05, 0.1) is 5.56 Å². The van der Waals surface area contributed by atoms with Crippen molar-refractivity contribution in [3.8, 4) is 0 Å². The number of hydrogen-bond acceptors (Lipinski definition) is 2. The predicted octanol–water partition coefficient (Wildman–Crippen LogP) is 3.48. The number of amides is 2. The molecule has 0 bridgehead atoms. The van der Waals surface area contributed by atoms with Crippen molar-refractivity contribution in [2.24, 2.45) is 5.41 Å². The lowest BCUT2D eigenvalue weighted by Crippen LogP contribution is -2.39. The van der Waals surface area contributed by atoms with Crippen LogP contribution in [0.4, 0.5) is 10.5 Å². The molecule has 0 saturated heterocycles. The number of carboxylic acid groups (broad SMARTS) is 1. The first-order valence-electron chi connectivity index (χ1n) is 7.37. The predicted molar refractivity (Wildman–Crippen MR) is 81.6 cm³/mol. The third-order valence-corrected chi connectivity index (χ3v) is 4.10. The van der Waals surface area contributed by atoms with Gasteiger partial charge in [-0.2, -0.15) is 0 Å². The number of hydrogen-bond donors (Lipinski definition) is 3. The lowest BCUT2D eigenvalue weighted by molar-refractivity contribution is 0.0697. The van der Waals surface area contributed by atoms with Crippen LogP contribution in [0.25, 0.3) is 0 Å². The number of carboxylic acids is 1. The summed E-state index contributed by atoms with van der Waals surface area (Å²) in [4.78, 5) is 22.8. The second-order valence-electron chi connectivity index (χ2n) is 6.06. The van der Waals surface area contributed by atoms with Crippen LogP contribution in [0.3, 0.4) is 0 Å². The molecule has 5 nitrogen and oxygen atoms in total. The summed E-state index contributed by atoms with van der Waals surface area (Å²) >= 11 is 0. The van der Waals surface area contributed by atoms with Gasteiger partial charge in [-0.05, 0) is 36.5 Å². The van der Waals surface area contributed by atoms with Crippen molar-refractivity contribution in [3.63, 3.8) is 0 Å². The molecule has 0 aromatic heterocycles. The zero-order chi connectivity index (χ0) is 15.3. The van der Waals surface area contributed by atoms with Gasteiger partial charge in [0.25, 0.3) is 0 Å². The first kappa shape index (κ1) is 15.4. The Balaban J connectivity index is 1.87. The number of urea groups is 1. The molecule has 3 N–H and O–H groups in total. The van der Waals surface area contributed by atoms with E-state index in [2.05, 4.69) is 17.6 Å². The van der Waals surface area contributed by atoms with Crippen LogP contribution in [0.15, 0.2) is 24.3 Å². The van der Waals surface area contributed by atoms with Gasteiger partial charge in [0.15, 0.2) is 0 Å². The van der Waals surface area contributed by atoms with Gasteiger partial charge < -0.3 is 15.7 Å². The first-order chi connectivity index (χ1) is 9.98. The molecule has 21 heavy (non-hydrogen) atoms. The van der Waals surface area contributed by atoms with Crippen molar-refractivity contribution < 1.29 is 14.7 Å². The molecule has 0 spiro atoms. The molecule has 1 aromatic carbocycles. The fourth-order valence-corrected chi connectivity index (χ4v) is 2.78. The van der Waals surface area contributed by atoms with E-state index in [1.165, 1.54) is 31.4 Å². The van der Waals surface area contributed by atoms with Gasteiger partial charge in [-0.25, -0.2) is 9.59 Å². The highest BCUT2D eigenvalue weighted by molar-refractivity contribution is 5.93. The Bertz CT molecular complexity index is 522. The van der Waals surface area contributed by atoms with Crippen molar-refractivity contribution in [3.05, 3.63) is 29.8 Å². The number of benzene rings is 1. The molecule has 0 unspecified atom stereocenters. The molecule has 0 aliphatic heterocycles. The molecule has 1 aromatic rings. The molecule has 0 heterocycles. The van der Waals surface area contributed by atoms with Gasteiger partial charge in [0, 0.05) is 12.2 Å². The minimum Gasteiger partial charge on any atom is -0.478 e. The number of carbonyl (C=O) groups is 2. The average molecular weight is 290 g/mol. The third kappa shape index (κ3) is 4.48. The summed E-state index contributed by atoms with van der Waals surface area (Å²) in [5, 5.41) is 14.5. The summed E-state index contributed by atoms with van der Waals surface area (Å²) in [7, 11) is 0. The van der Waals surface area contributed by atoms with Crippen molar-refractivity contribution in [1.82, 2.24) is 5.32 Å². The zero-order valence-electron chi connectivity index (χ0n) is 12.3. The normalized spacial score (nSPS) is 17.0. The summed E-state index contributed by atoms with van der Waals surface area (Å²) in [5.41, 5.74) is 0.826. The van der Waals surface area contributed by atoms with Gasteiger partial charge in [0.2, 0.25) is 0 Å². The molecular weight excluding hydrogens is 268 g/mol. The summed E-state index contributed by atoms with van der Waals surface area (Å²) in [5.74, 6) is -1.01. The Hall–Kier alpha value is -2.04. The quantitative estimate of drug-likeness (QED) is 0.794. The number of anilines is 1. The molecule has 0 radical (unpaired) electrons. The molecule has 2 rings (SSSR count). The maximum absolute atomic E-state index is 11.9. The lowest BCUT2D eigenvalue weighted by atomic mass is 9.76. The Kier molecular flexibility index (Phi) is 4.83. The molecule has 114 valence electrons. The number of nitrogens with one attached hydrogen (secondary N) is 2. The van der Waals surface area contributed by atoms with E-state index in [0.717, 1.165) is 12.8 Å². The van der Waals surface area contributed by atoms with Crippen LogP contribution in [0.1, 0.15) is 49.4 Å². The molecular formula is C16H22N2O3. The molecule has 1 fully saturated rings. The van der Waals surface area contributed by atoms with Crippen molar-refractivity contribution in [1.29, 1.82) is 0 Å². The van der Waals surface area contributed by atoms with Crippen molar-refractivity contribution in [2.75, 3.05) is 11.9 Å². The third-order valence-electron chi connectivity index (χ3n) is 4.10. The first-order valence-corrected chi connectivity index (χ1v) is 7.37. The van der Waals surface area contributed by atoms with Crippen LogP contribution in [0.2, 0.25) is 0 Å².